The van der Waals surface area contributed by atoms with Gasteiger partial charge in [-0.1, -0.05) is 37.1 Å². The first-order valence-electron chi connectivity index (χ1n) is 7.10. The molecule has 1 fully saturated rings. The molecule has 5 nitrogen and oxygen atoms in total. The second-order valence-electron chi connectivity index (χ2n) is 5.20. The Balaban J connectivity index is 1.92. The summed E-state index contributed by atoms with van der Waals surface area (Å²) < 4.78 is 4.89. The number of carbonyl (C=O) groups excluding carboxylic acids is 2. The highest BCUT2D eigenvalue weighted by Crippen LogP contribution is 2.30. The van der Waals surface area contributed by atoms with Crippen molar-refractivity contribution in [1.29, 1.82) is 0 Å². The lowest BCUT2D eigenvalue weighted by atomic mass is 10.0. The molecule has 0 spiro atoms. The van der Waals surface area contributed by atoms with E-state index in [0.717, 1.165) is 12.8 Å². The van der Waals surface area contributed by atoms with Gasteiger partial charge in [0.25, 0.3) is 18.3 Å². The number of hydrazone groups is 1. The van der Waals surface area contributed by atoms with E-state index in [2.05, 4.69) is 5.10 Å². The number of nitrogens with zero attached hydrogens (tertiary/aromatic N) is 2. The minimum atomic E-state index is -0.245. The van der Waals surface area contributed by atoms with Crippen LogP contribution in [0.2, 0.25) is 0 Å². The Labute approximate surface area is 122 Å². The first-order chi connectivity index (χ1) is 10.3. The van der Waals surface area contributed by atoms with Gasteiger partial charge in [-0.15, -0.1) is 5.10 Å². The topological polar surface area (TPSA) is 59.0 Å². The van der Waals surface area contributed by atoms with Crippen molar-refractivity contribution in [1.82, 2.24) is 0 Å². The highest BCUT2D eigenvalue weighted by atomic mass is 16.5. The number of hydrogen-bond acceptors (Lipinski definition) is 4. The largest absolute Gasteiger partial charge is 0.407 e. The fraction of sp³-hybridized carbons (Fsp3) is 0.312. The first-order valence-corrected chi connectivity index (χ1v) is 7.10. The van der Waals surface area contributed by atoms with Gasteiger partial charge < -0.3 is 4.74 Å². The lowest BCUT2D eigenvalue weighted by Crippen LogP contribution is -2.21. The summed E-state index contributed by atoms with van der Waals surface area (Å²) in [6.45, 7) is 0.309. The van der Waals surface area contributed by atoms with Gasteiger partial charge in [-0.05, 0) is 30.9 Å². The van der Waals surface area contributed by atoms with Gasteiger partial charge in [0.2, 0.25) is 0 Å². The number of para-hydroxylation sites is 1. The molecule has 1 aromatic carbocycles. The van der Waals surface area contributed by atoms with E-state index in [4.69, 9.17) is 4.74 Å². The van der Waals surface area contributed by atoms with Crippen molar-refractivity contribution in [2.75, 3.05) is 5.01 Å². The van der Waals surface area contributed by atoms with Crippen LogP contribution in [0, 0.1) is 5.92 Å². The van der Waals surface area contributed by atoms with Crippen molar-refractivity contribution in [2.45, 2.75) is 25.7 Å². The van der Waals surface area contributed by atoms with Crippen LogP contribution in [0.1, 0.15) is 25.7 Å². The Morgan fingerprint density at radius 3 is 2.57 bits per heavy atom. The number of hydrogen-bond donors (Lipinski definition) is 0. The van der Waals surface area contributed by atoms with Crippen molar-refractivity contribution in [3.8, 4) is 0 Å². The Bertz CT molecular complexity index is 601. The van der Waals surface area contributed by atoms with Crippen LogP contribution in [0.25, 0.3) is 0 Å². The van der Waals surface area contributed by atoms with Gasteiger partial charge in [0, 0.05) is 0 Å². The second kappa shape index (κ2) is 5.91. The smallest absolute Gasteiger partial charge is 0.299 e. The van der Waals surface area contributed by atoms with Crippen LogP contribution in [0.15, 0.2) is 47.1 Å². The molecule has 0 atom stereocenters. The quantitative estimate of drug-likeness (QED) is 0.633. The summed E-state index contributed by atoms with van der Waals surface area (Å²) in [4.78, 5) is 23.2. The molecule has 0 bridgehead atoms. The van der Waals surface area contributed by atoms with E-state index in [9.17, 15) is 9.59 Å². The summed E-state index contributed by atoms with van der Waals surface area (Å²) in [6, 6.07) is 9.11. The summed E-state index contributed by atoms with van der Waals surface area (Å²) in [5, 5.41) is 5.41. The number of rotatable bonds is 3. The SMILES string of the molecule is O=COC1=NN(c2ccccc2)C(=O)/C1=C\C1CCCC1. The molecule has 1 aliphatic heterocycles. The van der Waals surface area contributed by atoms with Gasteiger partial charge in [0.1, 0.15) is 5.57 Å². The zero-order chi connectivity index (χ0) is 14.7. The average molecular weight is 284 g/mol. The number of allylic oxidation sites excluding steroid dienone is 1. The first kappa shape index (κ1) is 13.5. The molecular formula is C16H16N2O3. The van der Waals surface area contributed by atoms with E-state index in [1.807, 2.05) is 24.3 Å². The minimum absolute atomic E-state index is 0.0887. The third kappa shape index (κ3) is 2.72. The normalized spacial score (nSPS) is 21.0. The van der Waals surface area contributed by atoms with Crippen LogP contribution in [0.5, 0.6) is 0 Å². The molecule has 0 unspecified atom stereocenters. The Kier molecular flexibility index (Phi) is 3.81. The summed E-state index contributed by atoms with van der Waals surface area (Å²) >= 11 is 0. The molecule has 21 heavy (non-hydrogen) atoms. The van der Waals surface area contributed by atoms with Crippen molar-refractivity contribution >= 4 is 24.0 Å². The molecule has 2 aliphatic rings. The van der Waals surface area contributed by atoms with E-state index in [0.29, 0.717) is 23.7 Å². The second-order valence-corrected chi connectivity index (χ2v) is 5.20. The van der Waals surface area contributed by atoms with E-state index in [1.165, 1.54) is 17.9 Å². The zero-order valence-electron chi connectivity index (χ0n) is 11.6. The maximum atomic E-state index is 12.5. The standard InChI is InChI=1S/C16H16N2O3/c19-11-21-15-14(10-12-6-4-5-7-12)16(20)18(17-15)13-8-2-1-3-9-13/h1-3,8-12H,4-7H2/b14-10-. The number of ether oxygens (including phenoxy) is 1. The molecule has 3 rings (SSSR count). The Morgan fingerprint density at radius 1 is 1.19 bits per heavy atom. The van der Waals surface area contributed by atoms with Gasteiger partial charge in [-0.2, -0.15) is 5.01 Å². The number of amides is 1. The molecule has 0 saturated heterocycles. The average Bonchev–Trinajstić information content (AvgIpc) is 3.12. The van der Waals surface area contributed by atoms with Gasteiger partial charge in [-0.3, -0.25) is 9.59 Å². The summed E-state index contributed by atoms with van der Waals surface area (Å²) in [7, 11) is 0. The van der Waals surface area contributed by atoms with Crippen molar-refractivity contribution in [3.05, 3.63) is 42.0 Å². The predicted molar refractivity (Wildman–Crippen MR) is 78.6 cm³/mol. The summed E-state index contributed by atoms with van der Waals surface area (Å²) in [6.07, 6.45) is 6.38. The Hall–Kier alpha value is -2.43. The van der Waals surface area contributed by atoms with Gasteiger partial charge in [0.15, 0.2) is 0 Å². The minimum Gasteiger partial charge on any atom is -0.407 e. The van der Waals surface area contributed by atoms with Gasteiger partial charge in [0.05, 0.1) is 5.69 Å². The van der Waals surface area contributed by atoms with Gasteiger partial charge >= 0.3 is 0 Å². The van der Waals surface area contributed by atoms with E-state index < -0.39 is 0 Å². The third-order valence-electron chi connectivity index (χ3n) is 3.81. The third-order valence-corrected chi connectivity index (χ3v) is 3.81. The van der Waals surface area contributed by atoms with Crippen LogP contribution >= 0.6 is 0 Å². The Morgan fingerprint density at radius 2 is 1.90 bits per heavy atom. The number of carbonyl (C=O) groups is 2. The fourth-order valence-corrected chi connectivity index (χ4v) is 2.77. The van der Waals surface area contributed by atoms with Crippen LogP contribution in [0.4, 0.5) is 5.69 Å². The molecule has 1 amide bonds. The number of anilines is 1. The fourth-order valence-electron chi connectivity index (χ4n) is 2.77. The molecule has 1 saturated carbocycles. The highest BCUT2D eigenvalue weighted by Gasteiger charge is 2.33. The molecule has 1 aliphatic carbocycles. The lowest BCUT2D eigenvalue weighted by molar-refractivity contribution is -0.121. The van der Waals surface area contributed by atoms with Crippen molar-refractivity contribution < 1.29 is 14.3 Å². The van der Waals surface area contributed by atoms with E-state index >= 15 is 0 Å². The van der Waals surface area contributed by atoms with Crippen molar-refractivity contribution in [2.24, 2.45) is 11.0 Å². The lowest BCUT2D eigenvalue weighted by Gasteiger charge is -2.10. The molecule has 108 valence electrons. The van der Waals surface area contributed by atoms with Gasteiger partial charge in [-0.25, -0.2) is 0 Å². The van der Waals surface area contributed by atoms with Crippen molar-refractivity contribution in [3.63, 3.8) is 0 Å². The molecule has 5 heteroatoms. The highest BCUT2D eigenvalue weighted by molar-refractivity contribution is 6.28. The van der Waals surface area contributed by atoms with E-state index in [1.54, 1.807) is 12.1 Å². The van der Waals surface area contributed by atoms with Crippen LogP contribution < -0.4 is 5.01 Å². The maximum Gasteiger partial charge on any atom is 0.299 e. The molecule has 1 aromatic rings. The zero-order valence-corrected chi connectivity index (χ0v) is 11.6. The molecule has 1 heterocycles. The van der Waals surface area contributed by atoms with E-state index in [-0.39, 0.29) is 11.8 Å². The van der Waals surface area contributed by atoms with Crippen LogP contribution in [-0.4, -0.2) is 18.3 Å². The molecular weight excluding hydrogens is 268 g/mol. The number of benzene rings is 1. The summed E-state index contributed by atoms with van der Waals surface area (Å²) in [5.41, 5.74) is 1.04. The molecule has 0 aromatic heterocycles. The van der Waals surface area contributed by atoms with Crippen LogP contribution in [0.3, 0.4) is 0 Å². The molecule has 0 radical (unpaired) electrons. The summed E-state index contributed by atoms with van der Waals surface area (Å²) in [5.74, 6) is 0.204. The van der Waals surface area contributed by atoms with Crippen LogP contribution in [-0.2, 0) is 14.3 Å². The maximum absolute atomic E-state index is 12.5. The molecule has 0 N–H and O–H groups in total. The monoisotopic (exact) mass is 284 g/mol. The predicted octanol–water partition coefficient (Wildman–Crippen LogP) is 2.64.